The minimum absolute atomic E-state index is 0.114. The number of fused-ring (bicyclic) bond motifs is 1. The van der Waals surface area contributed by atoms with Crippen molar-refractivity contribution in [3.05, 3.63) is 70.4 Å². The number of thioether (sulfide) groups is 1. The van der Waals surface area contributed by atoms with Crippen LogP contribution >= 0.6 is 11.8 Å². The van der Waals surface area contributed by atoms with Gasteiger partial charge in [0, 0.05) is 23.7 Å². The number of rotatable bonds is 5. The SMILES string of the molecule is CC1=C(C(=O)Nc2ccc(C)cc2C)C(c2ccc(NC(=O)C34CC5CC(CC(C5)C3)C4)cc2)N2CCCSC2=N1. The second-order valence-corrected chi connectivity index (χ2v) is 14.3. The summed E-state index contributed by atoms with van der Waals surface area (Å²) in [4.78, 5) is 34.7. The van der Waals surface area contributed by atoms with Crippen molar-refractivity contribution >= 4 is 40.1 Å². The lowest BCUT2D eigenvalue weighted by molar-refractivity contribution is -0.140. The molecule has 6 nitrogen and oxygen atoms in total. The number of hydrogen-bond acceptors (Lipinski definition) is 5. The molecule has 214 valence electrons. The summed E-state index contributed by atoms with van der Waals surface area (Å²) in [5, 5.41) is 7.46. The Morgan fingerprint density at radius 1 is 0.927 bits per heavy atom. The van der Waals surface area contributed by atoms with Crippen molar-refractivity contribution < 1.29 is 9.59 Å². The smallest absolute Gasteiger partial charge is 0.255 e. The van der Waals surface area contributed by atoms with Crippen LogP contribution in [0.2, 0.25) is 0 Å². The molecule has 0 radical (unpaired) electrons. The van der Waals surface area contributed by atoms with Crippen LogP contribution in [0.5, 0.6) is 0 Å². The normalized spacial score (nSPS) is 30.1. The lowest BCUT2D eigenvalue weighted by Gasteiger charge is -2.55. The minimum Gasteiger partial charge on any atom is -0.340 e. The molecule has 2 amide bonds. The van der Waals surface area contributed by atoms with Crippen LogP contribution in [0.3, 0.4) is 0 Å². The quantitative estimate of drug-likeness (QED) is 0.399. The summed E-state index contributed by atoms with van der Waals surface area (Å²) in [7, 11) is 0. The molecule has 0 spiro atoms. The van der Waals surface area contributed by atoms with Gasteiger partial charge in [0.25, 0.3) is 5.91 Å². The van der Waals surface area contributed by atoms with Crippen molar-refractivity contribution in [2.45, 2.75) is 71.8 Å². The van der Waals surface area contributed by atoms with Gasteiger partial charge in [-0.25, -0.2) is 4.99 Å². The van der Waals surface area contributed by atoms with E-state index in [4.69, 9.17) is 4.99 Å². The van der Waals surface area contributed by atoms with E-state index in [0.717, 1.165) is 89.1 Å². The number of allylic oxidation sites excluding steroid dienone is 1. The van der Waals surface area contributed by atoms with Gasteiger partial charge in [-0.2, -0.15) is 0 Å². The summed E-state index contributed by atoms with van der Waals surface area (Å²) >= 11 is 1.76. The summed E-state index contributed by atoms with van der Waals surface area (Å²) in [6.45, 7) is 6.89. The van der Waals surface area contributed by atoms with Crippen molar-refractivity contribution in [3.8, 4) is 0 Å². The van der Waals surface area contributed by atoms with Gasteiger partial charge in [-0.3, -0.25) is 9.59 Å². The van der Waals surface area contributed by atoms with E-state index in [0.29, 0.717) is 5.57 Å². The van der Waals surface area contributed by atoms with Crippen LogP contribution < -0.4 is 10.6 Å². The molecule has 7 heteroatoms. The third kappa shape index (κ3) is 4.90. The first-order valence-electron chi connectivity index (χ1n) is 15.3. The fourth-order valence-electron chi connectivity index (χ4n) is 8.65. The maximum absolute atomic E-state index is 13.9. The fraction of sp³-hybridized carbons (Fsp3) is 0.500. The number of anilines is 2. The van der Waals surface area contributed by atoms with Gasteiger partial charge >= 0.3 is 0 Å². The largest absolute Gasteiger partial charge is 0.340 e. The molecule has 1 saturated heterocycles. The van der Waals surface area contributed by atoms with Crippen molar-refractivity contribution in [2.75, 3.05) is 22.9 Å². The van der Waals surface area contributed by atoms with Gasteiger partial charge < -0.3 is 15.5 Å². The highest BCUT2D eigenvalue weighted by atomic mass is 32.2. The molecular weight excluding hydrogens is 528 g/mol. The van der Waals surface area contributed by atoms with Crippen molar-refractivity contribution in [1.82, 2.24) is 4.90 Å². The van der Waals surface area contributed by atoms with Crippen molar-refractivity contribution in [2.24, 2.45) is 28.2 Å². The monoisotopic (exact) mass is 568 g/mol. The van der Waals surface area contributed by atoms with Gasteiger partial charge in [0.2, 0.25) is 5.91 Å². The molecule has 2 aromatic carbocycles. The van der Waals surface area contributed by atoms with E-state index in [2.05, 4.69) is 40.7 Å². The molecule has 2 N–H and O–H groups in total. The number of hydrogen-bond donors (Lipinski definition) is 2. The van der Waals surface area contributed by atoms with Gasteiger partial charge in [-0.1, -0.05) is 41.6 Å². The second kappa shape index (κ2) is 10.3. The lowest BCUT2D eigenvalue weighted by Crippen LogP contribution is -2.51. The zero-order valence-electron chi connectivity index (χ0n) is 24.3. The molecule has 5 fully saturated rings. The Morgan fingerprint density at radius 3 is 2.27 bits per heavy atom. The average Bonchev–Trinajstić information content (AvgIpc) is 2.93. The summed E-state index contributed by atoms with van der Waals surface area (Å²) in [6, 6.07) is 14.1. The van der Waals surface area contributed by atoms with Crippen LogP contribution in [0.25, 0.3) is 0 Å². The van der Waals surface area contributed by atoms with Crippen LogP contribution in [-0.4, -0.2) is 34.2 Å². The Bertz CT molecular complexity index is 1420. The van der Waals surface area contributed by atoms with Crippen LogP contribution in [0.15, 0.2) is 58.7 Å². The number of nitrogens with one attached hydrogen (secondary N) is 2. The number of aryl methyl sites for hydroxylation is 2. The molecule has 2 aliphatic heterocycles. The zero-order valence-corrected chi connectivity index (χ0v) is 25.2. The third-order valence-corrected chi connectivity index (χ3v) is 11.2. The zero-order chi connectivity index (χ0) is 28.3. The first-order chi connectivity index (χ1) is 19.8. The molecule has 4 bridgehead atoms. The highest BCUT2D eigenvalue weighted by Gasteiger charge is 2.54. The van der Waals surface area contributed by atoms with E-state index in [1.807, 2.05) is 38.1 Å². The molecule has 6 aliphatic rings. The van der Waals surface area contributed by atoms with Gasteiger partial charge in [-0.05, 0) is 113 Å². The first kappa shape index (κ1) is 26.8. The topological polar surface area (TPSA) is 73.8 Å². The van der Waals surface area contributed by atoms with Gasteiger partial charge in [0.05, 0.1) is 22.7 Å². The molecular formula is C34H40N4O2S. The average molecular weight is 569 g/mol. The maximum atomic E-state index is 13.9. The Morgan fingerprint density at radius 2 is 1.61 bits per heavy atom. The van der Waals surface area contributed by atoms with Crippen LogP contribution in [0, 0.1) is 37.0 Å². The Hall–Kier alpha value is -3.06. The lowest BCUT2D eigenvalue weighted by atomic mass is 9.49. The van der Waals surface area contributed by atoms with Gasteiger partial charge in [0.15, 0.2) is 5.17 Å². The van der Waals surface area contributed by atoms with Crippen LogP contribution in [0.1, 0.15) is 74.6 Å². The van der Waals surface area contributed by atoms with E-state index < -0.39 is 0 Å². The van der Waals surface area contributed by atoms with E-state index in [9.17, 15) is 9.59 Å². The van der Waals surface area contributed by atoms with Gasteiger partial charge in [0.1, 0.15) is 0 Å². The van der Waals surface area contributed by atoms with Crippen molar-refractivity contribution in [1.29, 1.82) is 0 Å². The van der Waals surface area contributed by atoms with Crippen LogP contribution in [-0.2, 0) is 9.59 Å². The van der Waals surface area contributed by atoms with E-state index in [-0.39, 0.29) is 23.3 Å². The van der Waals surface area contributed by atoms with E-state index in [1.165, 1.54) is 24.8 Å². The number of aliphatic imine (C=N–C) groups is 1. The molecule has 2 heterocycles. The van der Waals surface area contributed by atoms with E-state index in [1.54, 1.807) is 11.8 Å². The second-order valence-electron chi connectivity index (χ2n) is 13.2. The molecule has 0 aromatic heterocycles. The van der Waals surface area contributed by atoms with Crippen LogP contribution in [0.4, 0.5) is 11.4 Å². The predicted octanol–water partition coefficient (Wildman–Crippen LogP) is 7.22. The Balaban J connectivity index is 1.15. The molecule has 8 rings (SSSR count). The molecule has 4 saturated carbocycles. The Labute approximate surface area is 247 Å². The molecule has 41 heavy (non-hydrogen) atoms. The number of nitrogens with zero attached hydrogens (tertiary/aromatic N) is 2. The standard InChI is InChI=1S/C34H40N4O2S/c1-20-5-10-28(21(2)13-20)37-31(39)29-22(3)35-33-38(11-4-12-41-33)30(29)26-6-8-27(9-7-26)36-32(40)34-17-23-14-24(18-34)16-25(15-23)19-34/h5-10,13,23-25,30H,4,11-12,14-19H2,1-3H3,(H,36,40)(H,37,39). The summed E-state index contributed by atoms with van der Waals surface area (Å²) in [5.41, 5.74) is 6.19. The third-order valence-electron chi connectivity index (χ3n) is 10.1. The first-order valence-corrected chi connectivity index (χ1v) is 16.3. The fourth-order valence-corrected chi connectivity index (χ4v) is 9.67. The highest BCUT2D eigenvalue weighted by Crippen LogP contribution is 2.60. The summed E-state index contributed by atoms with van der Waals surface area (Å²) in [5.74, 6) is 3.35. The highest BCUT2D eigenvalue weighted by molar-refractivity contribution is 8.13. The van der Waals surface area contributed by atoms with Gasteiger partial charge in [-0.15, -0.1) is 0 Å². The number of carbonyl (C=O) groups excluding carboxylic acids is 2. The summed E-state index contributed by atoms with van der Waals surface area (Å²) in [6.07, 6.45) is 8.21. The Kier molecular flexibility index (Phi) is 6.76. The molecule has 1 atom stereocenters. The van der Waals surface area contributed by atoms with Crippen molar-refractivity contribution in [3.63, 3.8) is 0 Å². The summed E-state index contributed by atoms with van der Waals surface area (Å²) < 4.78 is 0. The number of carbonyl (C=O) groups is 2. The number of amidine groups is 1. The number of benzene rings is 2. The maximum Gasteiger partial charge on any atom is 0.255 e. The number of amides is 2. The molecule has 4 aliphatic carbocycles. The van der Waals surface area contributed by atoms with E-state index >= 15 is 0 Å². The predicted molar refractivity (Wildman–Crippen MR) is 167 cm³/mol. The minimum atomic E-state index is -0.228. The molecule has 2 aromatic rings. The molecule has 1 unspecified atom stereocenters.